The molecule has 0 radical (unpaired) electrons. The van der Waals surface area contributed by atoms with Gasteiger partial charge in [0, 0.05) is 13.1 Å². The number of rotatable bonds is 3. The van der Waals surface area contributed by atoms with Crippen LogP contribution in [0.2, 0.25) is 5.02 Å². The van der Waals surface area contributed by atoms with Crippen LogP contribution in [-0.4, -0.2) is 34.0 Å². The Balaban J connectivity index is 0.00000147. The molecule has 20 heavy (non-hydrogen) atoms. The van der Waals surface area contributed by atoms with Crippen molar-refractivity contribution in [2.24, 2.45) is 0 Å². The van der Waals surface area contributed by atoms with Gasteiger partial charge in [-0.25, -0.2) is 0 Å². The fraction of sp³-hybridized carbons (Fsp3) is 0.250. The molecule has 2 N–H and O–H groups in total. The minimum Gasteiger partial charge on any atom is -0.319 e. The van der Waals surface area contributed by atoms with E-state index < -0.39 is 0 Å². The van der Waals surface area contributed by atoms with E-state index in [0.29, 0.717) is 10.7 Å². The topological polar surface area (TPSA) is 71.8 Å². The maximum absolute atomic E-state index is 12.0. The highest BCUT2D eigenvalue weighted by Gasteiger charge is 2.22. The molecule has 0 aliphatic carbocycles. The summed E-state index contributed by atoms with van der Waals surface area (Å²) in [6.07, 6.45) is 1.46. The molecule has 1 amide bonds. The van der Waals surface area contributed by atoms with Gasteiger partial charge in [-0.3, -0.25) is 4.79 Å². The number of hydrogen-bond donors (Lipinski definition) is 2. The fourth-order valence-electron chi connectivity index (χ4n) is 1.74. The standard InChI is InChI=1S/C12H12ClN5O.ClH/c13-9-3-1-2-4-10(9)16-12(19)11-7-15-18(17-11)8-5-14-6-8;/h1-4,7-8,14H,5-6H2,(H,16,19);1H. The molecule has 0 atom stereocenters. The van der Waals surface area contributed by atoms with Gasteiger partial charge in [0.25, 0.3) is 5.91 Å². The van der Waals surface area contributed by atoms with Crippen LogP contribution < -0.4 is 10.6 Å². The highest BCUT2D eigenvalue weighted by molar-refractivity contribution is 6.33. The molecule has 0 saturated carbocycles. The Morgan fingerprint density at radius 3 is 2.80 bits per heavy atom. The number of para-hydroxylation sites is 1. The van der Waals surface area contributed by atoms with Crippen LogP contribution in [0.5, 0.6) is 0 Å². The Bertz CT molecular complexity index is 611. The van der Waals surface area contributed by atoms with Crippen molar-refractivity contribution >= 4 is 35.6 Å². The molecule has 1 aromatic heterocycles. The molecule has 2 aromatic rings. The molecule has 1 saturated heterocycles. The first-order valence-electron chi connectivity index (χ1n) is 5.92. The maximum Gasteiger partial charge on any atom is 0.277 e. The molecule has 106 valence electrons. The van der Waals surface area contributed by atoms with Crippen molar-refractivity contribution in [1.82, 2.24) is 20.3 Å². The summed E-state index contributed by atoms with van der Waals surface area (Å²) < 4.78 is 0. The zero-order valence-electron chi connectivity index (χ0n) is 10.4. The summed E-state index contributed by atoms with van der Waals surface area (Å²) in [4.78, 5) is 13.6. The Kier molecular flexibility index (Phi) is 4.59. The zero-order valence-corrected chi connectivity index (χ0v) is 12.0. The van der Waals surface area contributed by atoms with Crippen molar-refractivity contribution in [3.63, 3.8) is 0 Å². The lowest BCUT2D eigenvalue weighted by Gasteiger charge is -2.25. The fourth-order valence-corrected chi connectivity index (χ4v) is 1.92. The first kappa shape index (κ1) is 14.8. The molecular weight excluding hydrogens is 301 g/mol. The van der Waals surface area contributed by atoms with Gasteiger partial charge in [0.15, 0.2) is 5.69 Å². The van der Waals surface area contributed by atoms with Crippen LogP contribution >= 0.6 is 24.0 Å². The second kappa shape index (κ2) is 6.21. The second-order valence-electron chi connectivity index (χ2n) is 4.30. The average Bonchev–Trinajstić information content (AvgIpc) is 2.79. The maximum atomic E-state index is 12.0. The van der Waals surface area contributed by atoms with Crippen LogP contribution in [0, 0.1) is 0 Å². The van der Waals surface area contributed by atoms with E-state index in [9.17, 15) is 4.79 Å². The van der Waals surface area contributed by atoms with Crippen LogP contribution in [0.15, 0.2) is 30.5 Å². The lowest BCUT2D eigenvalue weighted by Crippen LogP contribution is -2.44. The molecular formula is C12H13Cl2N5O. The summed E-state index contributed by atoms with van der Waals surface area (Å²) in [5, 5.41) is 14.6. The van der Waals surface area contributed by atoms with Crippen molar-refractivity contribution in [3.05, 3.63) is 41.2 Å². The number of amides is 1. The Morgan fingerprint density at radius 2 is 2.15 bits per heavy atom. The van der Waals surface area contributed by atoms with E-state index in [0.717, 1.165) is 13.1 Å². The van der Waals surface area contributed by atoms with Crippen LogP contribution in [0.1, 0.15) is 16.5 Å². The number of nitrogens with zero attached hydrogens (tertiary/aromatic N) is 3. The van der Waals surface area contributed by atoms with Gasteiger partial charge >= 0.3 is 0 Å². The number of anilines is 1. The molecule has 0 spiro atoms. The predicted molar refractivity (Wildman–Crippen MR) is 78.6 cm³/mol. The summed E-state index contributed by atoms with van der Waals surface area (Å²) >= 11 is 5.98. The van der Waals surface area contributed by atoms with Crippen molar-refractivity contribution < 1.29 is 4.79 Å². The van der Waals surface area contributed by atoms with Crippen molar-refractivity contribution in [1.29, 1.82) is 0 Å². The molecule has 8 heteroatoms. The van der Waals surface area contributed by atoms with Crippen molar-refractivity contribution in [2.75, 3.05) is 18.4 Å². The molecule has 1 aliphatic rings. The first-order valence-corrected chi connectivity index (χ1v) is 6.30. The first-order chi connectivity index (χ1) is 9.24. The molecule has 2 heterocycles. The van der Waals surface area contributed by atoms with Crippen molar-refractivity contribution in [2.45, 2.75) is 6.04 Å². The Morgan fingerprint density at radius 1 is 1.40 bits per heavy atom. The predicted octanol–water partition coefficient (Wildman–Crippen LogP) is 1.75. The molecule has 1 aliphatic heterocycles. The molecule has 6 nitrogen and oxygen atoms in total. The minimum atomic E-state index is -0.313. The number of benzene rings is 1. The van der Waals surface area contributed by atoms with Gasteiger partial charge in [0.05, 0.1) is 22.9 Å². The number of nitrogens with one attached hydrogen (secondary N) is 2. The third-order valence-electron chi connectivity index (χ3n) is 2.95. The summed E-state index contributed by atoms with van der Waals surface area (Å²) in [6, 6.07) is 7.30. The molecule has 1 aromatic carbocycles. The van der Waals surface area contributed by atoms with Gasteiger partial charge in [-0.1, -0.05) is 23.7 Å². The molecule has 3 rings (SSSR count). The highest BCUT2D eigenvalue weighted by atomic mass is 35.5. The van der Waals surface area contributed by atoms with Crippen LogP contribution in [0.4, 0.5) is 5.69 Å². The normalized spacial score (nSPS) is 14.2. The smallest absolute Gasteiger partial charge is 0.277 e. The average molecular weight is 314 g/mol. The number of halogens is 2. The minimum absolute atomic E-state index is 0. The SMILES string of the molecule is Cl.O=C(Nc1ccccc1Cl)c1cnn(C2CNC2)n1. The second-order valence-corrected chi connectivity index (χ2v) is 4.70. The van der Waals surface area contributed by atoms with E-state index in [1.54, 1.807) is 29.1 Å². The number of hydrogen-bond acceptors (Lipinski definition) is 4. The lowest BCUT2D eigenvalue weighted by atomic mass is 10.2. The van der Waals surface area contributed by atoms with Crippen molar-refractivity contribution in [3.8, 4) is 0 Å². The number of carbonyl (C=O) groups is 1. The summed E-state index contributed by atoms with van der Waals surface area (Å²) in [5.41, 5.74) is 0.848. The van der Waals surface area contributed by atoms with E-state index >= 15 is 0 Å². The molecule has 0 bridgehead atoms. The monoisotopic (exact) mass is 313 g/mol. The molecule has 1 fully saturated rings. The Labute approximate surface area is 126 Å². The van der Waals surface area contributed by atoms with E-state index in [4.69, 9.17) is 11.6 Å². The highest BCUT2D eigenvalue weighted by Crippen LogP contribution is 2.21. The van der Waals surface area contributed by atoms with Gasteiger partial charge in [0.2, 0.25) is 0 Å². The van der Waals surface area contributed by atoms with E-state index in [-0.39, 0.29) is 30.0 Å². The van der Waals surface area contributed by atoms with E-state index in [2.05, 4.69) is 20.8 Å². The van der Waals surface area contributed by atoms with Crippen LogP contribution in [0.25, 0.3) is 0 Å². The summed E-state index contributed by atoms with van der Waals surface area (Å²) in [7, 11) is 0. The van der Waals surface area contributed by atoms with E-state index in [1.807, 2.05) is 0 Å². The zero-order chi connectivity index (χ0) is 13.2. The Hall–Kier alpha value is -1.63. The van der Waals surface area contributed by atoms with Gasteiger partial charge in [-0.15, -0.1) is 17.5 Å². The van der Waals surface area contributed by atoms with Gasteiger partial charge < -0.3 is 10.6 Å². The lowest BCUT2D eigenvalue weighted by molar-refractivity contribution is 0.102. The summed E-state index contributed by atoms with van der Waals surface area (Å²) in [5.74, 6) is -0.313. The number of aromatic nitrogens is 3. The van der Waals surface area contributed by atoms with Gasteiger partial charge in [-0.05, 0) is 12.1 Å². The third kappa shape index (κ3) is 2.92. The van der Waals surface area contributed by atoms with Gasteiger partial charge in [-0.2, -0.15) is 9.90 Å². The van der Waals surface area contributed by atoms with E-state index in [1.165, 1.54) is 6.20 Å². The largest absolute Gasteiger partial charge is 0.319 e. The van der Waals surface area contributed by atoms with Gasteiger partial charge in [0.1, 0.15) is 0 Å². The quantitative estimate of drug-likeness (QED) is 0.905. The summed E-state index contributed by atoms with van der Waals surface area (Å²) in [6.45, 7) is 1.67. The van der Waals surface area contributed by atoms with Crippen LogP contribution in [-0.2, 0) is 0 Å². The van der Waals surface area contributed by atoms with Crippen LogP contribution in [0.3, 0.4) is 0 Å². The number of carbonyl (C=O) groups excluding carboxylic acids is 1. The molecule has 0 unspecified atom stereocenters. The third-order valence-corrected chi connectivity index (χ3v) is 3.28.